The van der Waals surface area contributed by atoms with Gasteiger partial charge in [0.15, 0.2) is 0 Å². The van der Waals surface area contributed by atoms with Gasteiger partial charge < -0.3 is 5.11 Å². The fraction of sp³-hybridized carbons (Fsp3) is 0.143. The molecule has 1 N–H and O–H groups in total. The number of hydrogen-bond acceptors (Lipinski definition) is 3. The molecule has 6 heteroatoms. The highest BCUT2D eigenvalue weighted by Gasteiger charge is 2.21. The Morgan fingerprint density at radius 1 is 1.07 bits per heavy atom. The average Bonchev–Trinajstić information content (AvgIpc) is 3.05. The van der Waals surface area contributed by atoms with Crippen molar-refractivity contribution in [1.82, 2.24) is 0 Å². The second kappa shape index (κ2) is 8.46. The molecule has 0 spiro atoms. The summed E-state index contributed by atoms with van der Waals surface area (Å²) < 4.78 is 13.7. The van der Waals surface area contributed by atoms with Crippen LogP contribution in [-0.2, 0) is 17.6 Å². The second-order valence-corrected chi connectivity index (χ2v) is 7.47. The minimum Gasteiger partial charge on any atom is -0.478 e. The number of carbonyl (C=O) groups is 2. The smallest absolute Gasteiger partial charge is 0.337 e. The molecular weight excluding hydrogens is 387 g/mol. The molecule has 3 aromatic rings. The number of halogens is 2. The molecule has 0 bridgehead atoms. The van der Waals surface area contributed by atoms with Crippen molar-refractivity contribution < 1.29 is 19.1 Å². The highest BCUT2D eigenvalue weighted by Crippen LogP contribution is 2.33. The first-order chi connectivity index (χ1) is 13.0. The van der Waals surface area contributed by atoms with Gasteiger partial charge in [0, 0.05) is 28.3 Å². The number of hydrogen-bond donors (Lipinski definition) is 1. The fourth-order valence-electron chi connectivity index (χ4n) is 2.85. The lowest BCUT2D eigenvalue weighted by atomic mass is 10.00. The van der Waals surface area contributed by atoms with E-state index in [0.717, 1.165) is 5.56 Å². The Morgan fingerprint density at radius 2 is 1.78 bits per heavy atom. The third-order valence-electron chi connectivity index (χ3n) is 4.23. The predicted octanol–water partition coefficient (Wildman–Crippen LogP) is 5.65. The van der Waals surface area contributed by atoms with Crippen LogP contribution in [0, 0.1) is 5.82 Å². The number of thiophene rings is 1. The minimum absolute atomic E-state index is 0.0222. The molecule has 0 atom stereocenters. The third-order valence-corrected chi connectivity index (χ3v) is 5.46. The molecule has 138 valence electrons. The zero-order valence-corrected chi connectivity index (χ0v) is 15.8. The number of ketones is 1. The second-order valence-electron chi connectivity index (χ2n) is 6.07. The lowest BCUT2D eigenvalue weighted by Crippen LogP contribution is -2.08. The normalized spacial score (nSPS) is 10.7. The van der Waals surface area contributed by atoms with Crippen LogP contribution in [0.5, 0.6) is 0 Å². The summed E-state index contributed by atoms with van der Waals surface area (Å²) in [5, 5.41) is 11.9. The van der Waals surface area contributed by atoms with Gasteiger partial charge in [-0.25, -0.2) is 9.18 Å². The van der Waals surface area contributed by atoms with Gasteiger partial charge in [0.1, 0.15) is 11.6 Å². The molecule has 1 aromatic heterocycles. The zero-order valence-electron chi connectivity index (χ0n) is 14.2. The molecule has 0 amide bonds. The summed E-state index contributed by atoms with van der Waals surface area (Å²) in [6.07, 6.45) is 0.478. The van der Waals surface area contributed by atoms with Crippen molar-refractivity contribution >= 4 is 34.7 Å². The Hall–Kier alpha value is -2.50. The minimum atomic E-state index is -1.07. The van der Waals surface area contributed by atoms with Crippen molar-refractivity contribution in [2.75, 3.05) is 0 Å². The van der Waals surface area contributed by atoms with Gasteiger partial charge in [0.25, 0.3) is 0 Å². The quantitative estimate of drug-likeness (QED) is 0.555. The van der Waals surface area contributed by atoms with E-state index in [-0.39, 0.29) is 30.0 Å². The maximum absolute atomic E-state index is 13.7. The highest BCUT2D eigenvalue weighted by molar-refractivity contribution is 7.11. The molecule has 0 fully saturated rings. The standard InChI is InChI=1S/C21H16ClFO3S/c22-15-8-5-13(6-9-15)17-12-27-19(20(17)21(25)26)11-16(24)10-7-14-3-1-2-4-18(14)23/h1-6,8-9,12H,7,10-11H2,(H,25,26). The van der Waals surface area contributed by atoms with Gasteiger partial charge in [-0.15, -0.1) is 11.3 Å². The van der Waals surface area contributed by atoms with E-state index in [4.69, 9.17) is 11.6 Å². The Labute approximate surface area is 165 Å². The average molecular weight is 403 g/mol. The zero-order chi connectivity index (χ0) is 19.4. The van der Waals surface area contributed by atoms with Crippen LogP contribution in [0.25, 0.3) is 11.1 Å². The van der Waals surface area contributed by atoms with Gasteiger partial charge in [-0.2, -0.15) is 0 Å². The number of aryl methyl sites for hydroxylation is 1. The van der Waals surface area contributed by atoms with Crippen LogP contribution in [0.4, 0.5) is 4.39 Å². The van der Waals surface area contributed by atoms with Gasteiger partial charge in [0.2, 0.25) is 0 Å². The maximum atomic E-state index is 13.7. The Morgan fingerprint density at radius 3 is 2.44 bits per heavy atom. The van der Waals surface area contributed by atoms with Gasteiger partial charge >= 0.3 is 5.97 Å². The lowest BCUT2D eigenvalue weighted by molar-refractivity contribution is -0.118. The summed E-state index contributed by atoms with van der Waals surface area (Å²) in [6.45, 7) is 0. The molecule has 27 heavy (non-hydrogen) atoms. The van der Waals surface area contributed by atoms with Crippen LogP contribution in [0.2, 0.25) is 5.02 Å². The first-order valence-corrected chi connectivity index (χ1v) is 9.56. The number of carbonyl (C=O) groups excluding carboxylic acids is 1. The van der Waals surface area contributed by atoms with Crippen LogP contribution in [0.1, 0.15) is 27.2 Å². The molecule has 3 nitrogen and oxygen atoms in total. The summed E-state index contributed by atoms with van der Waals surface area (Å²) in [5.41, 5.74) is 1.93. The molecule has 0 radical (unpaired) electrons. The van der Waals surface area contributed by atoms with Crippen LogP contribution >= 0.6 is 22.9 Å². The van der Waals surface area contributed by atoms with E-state index < -0.39 is 5.97 Å². The van der Waals surface area contributed by atoms with Crippen molar-refractivity contribution in [3.63, 3.8) is 0 Å². The number of benzene rings is 2. The largest absolute Gasteiger partial charge is 0.478 e. The van der Waals surface area contributed by atoms with Crippen molar-refractivity contribution in [3.05, 3.63) is 80.8 Å². The van der Waals surface area contributed by atoms with E-state index in [2.05, 4.69) is 0 Å². The molecule has 0 aliphatic heterocycles. The van der Waals surface area contributed by atoms with E-state index in [9.17, 15) is 19.1 Å². The molecular formula is C21H16ClFO3S. The van der Waals surface area contributed by atoms with E-state index in [1.807, 2.05) is 0 Å². The summed E-state index contributed by atoms with van der Waals surface area (Å²) >= 11 is 7.13. The fourth-order valence-corrected chi connectivity index (χ4v) is 4.05. The number of Topliss-reactive ketones (excluding diaryl/α,β-unsaturated/α-hetero) is 1. The Balaban J connectivity index is 1.76. The molecule has 0 aliphatic rings. The van der Waals surface area contributed by atoms with Gasteiger partial charge in [-0.1, -0.05) is 41.9 Å². The molecule has 0 saturated carbocycles. The van der Waals surface area contributed by atoms with E-state index in [1.165, 1.54) is 17.4 Å². The van der Waals surface area contributed by atoms with Crippen LogP contribution in [-0.4, -0.2) is 16.9 Å². The van der Waals surface area contributed by atoms with Gasteiger partial charge in [-0.3, -0.25) is 4.79 Å². The van der Waals surface area contributed by atoms with Gasteiger partial charge in [0.05, 0.1) is 5.56 Å². The van der Waals surface area contributed by atoms with Crippen LogP contribution in [0.15, 0.2) is 53.9 Å². The number of carboxylic acids is 1. The molecule has 1 heterocycles. The molecule has 0 unspecified atom stereocenters. The van der Waals surface area contributed by atoms with E-state index in [0.29, 0.717) is 27.4 Å². The highest BCUT2D eigenvalue weighted by atomic mass is 35.5. The number of aromatic carboxylic acids is 1. The molecule has 0 saturated heterocycles. The third kappa shape index (κ3) is 4.62. The van der Waals surface area contributed by atoms with Crippen molar-refractivity contribution in [2.45, 2.75) is 19.3 Å². The maximum Gasteiger partial charge on any atom is 0.337 e. The van der Waals surface area contributed by atoms with Gasteiger partial charge in [-0.05, 0) is 41.1 Å². The first-order valence-electron chi connectivity index (χ1n) is 8.30. The lowest BCUT2D eigenvalue weighted by Gasteiger charge is -2.05. The summed E-state index contributed by atoms with van der Waals surface area (Å²) in [5.74, 6) is -1.53. The van der Waals surface area contributed by atoms with Crippen molar-refractivity contribution in [1.29, 1.82) is 0 Å². The summed E-state index contributed by atoms with van der Waals surface area (Å²) in [4.78, 5) is 24.6. The monoisotopic (exact) mass is 402 g/mol. The van der Waals surface area contributed by atoms with Crippen molar-refractivity contribution in [3.8, 4) is 11.1 Å². The SMILES string of the molecule is O=C(CCc1ccccc1F)Cc1scc(-c2ccc(Cl)cc2)c1C(=O)O. The van der Waals surface area contributed by atoms with E-state index >= 15 is 0 Å². The summed E-state index contributed by atoms with van der Waals surface area (Å²) in [6, 6.07) is 13.2. The summed E-state index contributed by atoms with van der Waals surface area (Å²) in [7, 11) is 0. The Bertz CT molecular complexity index is 979. The van der Waals surface area contributed by atoms with Crippen LogP contribution < -0.4 is 0 Å². The first kappa shape index (κ1) is 19.3. The molecule has 0 aliphatic carbocycles. The number of carboxylic acid groups (broad SMARTS) is 1. The Kier molecular flexibility index (Phi) is 6.04. The number of rotatable bonds is 7. The predicted molar refractivity (Wildman–Crippen MR) is 105 cm³/mol. The topological polar surface area (TPSA) is 54.4 Å². The van der Waals surface area contributed by atoms with Crippen LogP contribution in [0.3, 0.4) is 0 Å². The van der Waals surface area contributed by atoms with E-state index in [1.54, 1.807) is 47.8 Å². The molecule has 3 rings (SSSR count). The molecule has 2 aromatic carbocycles. The van der Waals surface area contributed by atoms with Crippen molar-refractivity contribution in [2.24, 2.45) is 0 Å².